The maximum absolute atomic E-state index is 11.8. The van der Waals surface area contributed by atoms with Gasteiger partial charge in [0.15, 0.2) is 0 Å². The van der Waals surface area contributed by atoms with Gasteiger partial charge >= 0.3 is 5.97 Å². The Labute approximate surface area is 124 Å². The van der Waals surface area contributed by atoms with Crippen molar-refractivity contribution in [3.63, 3.8) is 0 Å². The Hall–Kier alpha value is -1.00. The van der Waals surface area contributed by atoms with Gasteiger partial charge in [-0.2, -0.15) is 0 Å². The van der Waals surface area contributed by atoms with E-state index in [1.54, 1.807) is 0 Å². The molecule has 3 rings (SSSR count). The number of rotatable bonds is 4. The molecule has 20 heavy (non-hydrogen) atoms. The van der Waals surface area contributed by atoms with E-state index in [2.05, 4.69) is 29.2 Å². The molecule has 3 atom stereocenters. The van der Waals surface area contributed by atoms with Gasteiger partial charge in [-0.05, 0) is 37.9 Å². The van der Waals surface area contributed by atoms with Crippen LogP contribution in [0, 0.1) is 5.92 Å². The van der Waals surface area contributed by atoms with Crippen molar-refractivity contribution < 1.29 is 9.53 Å². The minimum Gasteiger partial charge on any atom is -0.461 e. The Morgan fingerprint density at radius 1 is 1.35 bits per heavy atom. The van der Waals surface area contributed by atoms with Crippen molar-refractivity contribution in [3.8, 4) is 0 Å². The number of carbonyl (C=O) groups excluding carboxylic acids is 1. The second kappa shape index (κ2) is 6.19. The molecule has 2 fully saturated rings. The summed E-state index contributed by atoms with van der Waals surface area (Å²) in [5.74, 6) is 1.80. The van der Waals surface area contributed by atoms with Crippen LogP contribution in [0.15, 0.2) is 35.2 Å². The number of carbonyl (C=O) groups is 1. The minimum absolute atomic E-state index is 0.0109. The van der Waals surface area contributed by atoms with Gasteiger partial charge in [0, 0.05) is 23.6 Å². The summed E-state index contributed by atoms with van der Waals surface area (Å²) in [4.78, 5) is 15.4. The Kier molecular flexibility index (Phi) is 4.32. The van der Waals surface area contributed by atoms with Crippen molar-refractivity contribution in [2.75, 3.05) is 18.8 Å². The van der Waals surface area contributed by atoms with Gasteiger partial charge in [0.1, 0.15) is 12.1 Å². The molecule has 2 heterocycles. The van der Waals surface area contributed by atoms with Crippen LogP contribution in [0.25, 0.3) is 0 Å². The molecule has 0 aliphatic carbocycles. The summed E-state index contributed by atoms with van der Waals surface area (Å²) in [6.07, 6.45) is 2.14. The van der Waals surface area contributed by atoms with Gasteiger partial charge in [-0.1, -0.05) is 18.2 Å². The predicted molar refractivity (Wildman–Crippen MR) is 80.8 cm³/mol. The van der Waals surface area contributed by atoms with Gasteiger partial charge in [0.2, 0.25) is 0 Å². The molecule has 0 aromatic heterocycles. The lowest BCUT2D eigenvalue weighted by Crippen LogP contribution is -2.36. The van der Waals surface area contributed by atoms with E-state index in [1.165, 1.54) is 11.3 Å². The van der Waals surface area contributed by atoms with E-state index < -0.39 is 0 Å². The maximum atomic E-state index is 11.8. The molecule has 0 radical (unpaired) electrons. The Balaban J connectivity index is 1.49. The average molecular weight is 291 g/mol. The third-order valence-electron chi connectivity index (χ3n) is 4.13. The van der Waals surface area contributed by atoms with E-state index in [9.17, 15) is 4.79 Å². The fourth-order valence-corrected chi connectivity index (χ4v) is 4.10. The number of thioether (sulfide) groups is 1. The molecule has 0 amide bonds. The number of hydrogen-bond acceptors (Lipinski definition) is 4. The van der Waals surface area contributed by atoms with Crippen LogP contribution in [-0.4, -0.2) is 41.9 Å². The van der Waals surface area contributed by atoms with Crippen LogP contribution in [0.1, 0.15) is 19.8 Å². The lowest BCUT2D eigenvalue weighted by Gasteiger charge is -2.20. The summed E-state index contributed by atoms with van der Waals surface area (Å²) in [5, 5.41) is 0. The number of likely N-dealkylation sites (tertiary alicyclic amines) is 1. The van der Waals surface area contributed by atoms with Gasteiger partial charge in [-0.25, -0.2) is 0 Å². The Morgan fingerprint density at radius 2 is 2.15 bits per heavy atom. The first kappa shape index (κ1) is 14.0. The molecule has 0 N–H and O–H groups in total. The van der Waals surface area contributed by atoms with Crippen molar-refractivity contribution in [1.82, 2.24) is 4.90 Å². The first-order valence-corrected chi connectivity index (χ1v) is 8.33. The molecule has 0 spiro atoms. The maximum Gasteiger partial charge on any atom is 0.323 e. The first-order valence-electron chi connectivity index (χ1n) is 7.35. The smallest absolute Gasteiger partial charge is 0.323 e. The molecule has 3 nitrogen and oxygen atoms in total. The molecule has 2 saturated heterocycles. The van der Waals surface area contributed by atoms with Crippen molar-refractivity contribution >= 4 is 17.7 Å². The van der Waals surface area contributed by atoms with Crippen LogP contribution in [0.4, 0.5) is 0 Å². The van der Waals surface area contributed by atoms with E-state index in [-0.39, 0.29) is 18.1 Å². The lowest BCUT2D eigenvalue weighted by atomic mass is 10.1. The normalized spacial score (nSPS) is 30.6. The fourth-order valence-electron chi connectivity index (χ4n) is 3.05. The average Bonchev–Trinajstić information content (AvgIpc) is 3.04. The molecule has 2 aliphatic rings. The van der Waals surface area contributed by atoms with Crippen molar-refractivity contribution in [2.24, 2.45) is 5.92 Å². The first-order chi connectivity index (χ1) is 9.72. The van der Waals surface area contributed by atoms with Crippen LogP contribution in [0.2, 0.25) is 0 Å². The van der Waals surface area contributed by atoms with E-state index in [0.29, 0.717) is 5.92 Å². The fraction of sp³-hybridized carbons (Fsp3) is 0.562. The SMILES string of the molecule is CC1CC(N2CCC(CSc3ccccc3)C2)C(=O)O1. The van der Waals surface area contributed by atoms with Gasteiger partial charge < -0.3 is 4.74 Å². The zero-order chi connectivity index (χ0) is 13.9. The molecular formula is C16H21NO2S. The summed E-state index contributed by atoms with van der Waals surface area (Å²) >= 11 is 1.92. The van der Waals surface area contributed by atoms with Crippen LogP contribution in [0.3, 0.4) is 0 Å². The lowest BCUT2D eigenvalue weighted by molar-refractivity contribution is -0.144. The van der Waals surface area contributed by atoms with Crippen LogP contribution < -0.4 is 0 Å². The summed E-state index contributed by atoms with van der Waals surface area (Å²) in [6.45, 7) is 4.05. The predicted octanol–water partition coefficient (Wildman–Crippen LogP) is 2.80. The zero-order valence-corrected chi connectivity index (χ0v) is 12.6. The van der Waals surface area contributed by atoms with Gasteiger partial charge in [0.05, 0.1) is 0 Å². The third-order valence-corrected chi connectivity index (χ3v) is 5.38. The highest BCUT2D eigenvalue weighted by Crippen LogP contribution is 2.29. The molecule has 3 unspecified atom stereocenters. The summed E-state index contributed by atoms with van der Waals surface area (Å²) in [5.41, 5.74) is 0. The van der Waals surface area contributed by atoms with E-state index in [0.717, 1.165) is 25.3 Å². The summed E-state index contributed by atoms with van der Waals surface area (Å²) < 4.78 is 5.26. The number of ether oxygens (including phenoxy) is 1. The molecule has 108 valence electrons. The molecule has 0 saturated carbocycles. The number of nitrogens with zero attached hydrogens (tertiary/aromatic N) is 1. The Bertz CT molecular complexity index is 465. The van der Waals surface area contributed by atoms with E-state index in [4.69, 9.17) is 4.74 Å². The number of hydrogen-bond donors (Lipinski definition) is 0. The zero-order valence-electron chi connectivity index (χ0n) is 11.8. The van der Waals surface area contributed by atoms with Crippen LogP contribution >= 0.6 is 11.8 Å². The molecule has 4 heteroatoms. The largest absolute Gasteiger partial charge is 0.461 e. The second-order valence-electron chi connectivity index (χ2n) is 5.77. The van der Waals surface area contributed by atoms with Gasteiger partial charge in [-0.15, -0.1) is 11.8 Å². The number of esters is 1. The van der Waals surface area contributed by atoms with Crippen molar-refractivity contribution in [1.29, 1.82) is 0 Å². The number of cyclic esters (lactones) is 1. The molecule has 1 aromatic rings. The summed E-state index contributed by atoms with van der Waals surface area (Å²) in [6, 6.07) is 10.5. The quantitative estimate of drug-likeness (QED) is 0.630. The second-order valence-corrected chi connectivity index (χ2v) is 6.87. The standard InChI is InChI=1S/C16H21NO2S/c1-12-9-15(16(18)19-12)17-8-7-13(10-17)11-20-14-5-3-2-4-6-14/h2-6,12-13,15H,7-11H2,1H3. The number of benzene rings is 1. The topological polar surface area (TPSA) is 29.5 Å². The highest BCUT2D eigenvalue weighted by atomic mass is 32.2. The van der Waals surface area contributed by atoms with E-state index in [1.807, 2.05) is 24.8 Å². The van der Waals surface area contributed by atoms with E-state index >= 15 is 0 Å². The monoisotopic (exact) mass is 291 g/mol. The van der Waals surface area contributed by atoms with Gasteiger partial charge in [0.25, 0.3) is 0 Å². The highest BCUT2D eigenvalue weighted by molar-refractivity contribution is 7.99. The molecule has 1 aromatic carbocycles. The highest BCUT2D eigenvalue weighted by Gasteiger charge is 2.39. The molecular weight excluding hydrogens is 270 g/mol. The van der Waals surface area contributed by atoms with Crippen LogP contribution in [-0.2, 0) is 9.53 Å². The molecule has 2 aliphatic heterocycles. The molecule has 0 bridgehead atoms. The third kappa shape index (κ3) is 3.18. The van der Waals surface area contributed by atoms with Crippen molar-refractivity contribution in [2.45, 2.75) is 36.8 Å². The Morgan fingerprint density at radius 3 is 2.85 bits per heavy atom. The minimum atomic E-state index is -0.0196. The van der Waals surface area contributed by atoms with Crippen molar-refractivity contribution in [3.05, 3.63) is 30.3 Å². The van der Waals surface area contributed by atoms with Crippen LogP contribution in [0.5, 0.6) is 0 Å². The summed E-state index contributed by atoms with van der Waals surface area (Å²) in [7, 11) is 0. The van der Waals surface area contributed by atoms with Gasteiger partial charge in [-0.3, -0.25) is 9.69 Å².